The molecule has 0 heterocycles. The Hall–Kier alpha value is -1.10. The minimum atomic E-state index is -0.515. The number of nitrogens with zero attached hydrogens (tertiary/aromatic N) is 2. The van der Waals surface area contributed by atoms with Crippen molar-refractivity contribution >= 4 is 0 Å². The van der Waals surface area contributed by atoms with Crippen LogP contribution in [0.2, 0.25) is 0 Å². The van der Waals surface area contributed by atoms with E-state index in [0.29, 0.717) is 6.54 Å². The lowest BCUT2D eigenvalue weighted by Crippen LogP contribution is -2.31. The maximum absolute atomic E-state index is 10.5. The predicted octanol–water partition coefficient (Wildman–Crippen LogP) is 2.31. The number of methoxy groups -OCH3 is 1. The summed E-state index contributed by atoms with van der Waals surface area (Å²) in [7, 11) is 5.82. The fourth-order valence-corrected chi connectivity index (χ4v) is 2.45. The van der Waals surface area contributed by atoms with E-state index in [4.69, 9.17) is 4.74 Å². The van der Waals surface area contributed by atoms with E-state index in [1.807, 2.05) is 25.1 Å². The van der Waals surface area contributed by atoms with E-state index in [1.54, 1.807) is 7.11 Å². The van der Waals surface area contributed by atoms with Crippen LogP contribution < -0.4 is 4.74 Å². The summed E-state index contributed by atoms with van der Waals surface area (Å²) in [5.41, 5.74) is 2.02. The lowest BCUT2D eigenvalue weighted by molar-refractivity contribution is 0.111. The number of rotatable bonds is 9. The standard InChI is InChI=1S/C17H30N2O2/c1-6-19(11-7-10-18(3)4)13-16(20)15-12-14(2)8-9-17(15)21-5/h8-9,12,16,20H,6-7,10-11,13H2,1-5H3. The van der Waals surface area contributed by atoms with Crippen LogP contribution in [-0.2, 0) is 0 Å². The van der Waals surface area contributed by atoms with Crippen molar-refractivity contribution in [1.82, 2.24) is 9.80 Å². The van der Waals surface area contributed by atoms with Crippen molar-refractivity contribution in [3.63, 3.8) is 0 Å². The fourth-order valence-electron chi connectivity index (χ4n) is 2.45. The number of ether oxygens (including phenoxy) is 1. The Morgan fingerprint density at radius 3 is 2.52 bits per heavy atom. The van der Waals surface area contributed by atoms with E-state index >= 15 is 0 Å². The highest BCUT2D eigenvalue weighted by molar-refractivity contribution is 5.38. The zero-order valence-electron chi connectivity index (χ0n) is 14.1. The highest BCUT2D eigenvalue weighted by Gasteiger charge is 2.16. The molecule has 0 radical (unpaired) electrons. The van der Waals surface area contributed by atoms with Gasteiger partial charge in [-0.05, 0) is 59.2 Å². The van der Waals surface area contributed by atoms with Crippen molar-refractivity contribution in [2.75, 3.05) is 47.4 Å². The largest absolute Gasteiger partial charge is 0.496 e. The minimum Gasteiger partial charge on any atom is -0.496 e. The van der Waals surface area contributed by atoms with Crippen LogP contribution >= 0.6 is 0 Å². The number of likely N-dealkylation sites (N-methyl/N-ethyl adjacent to an activating group) is 1. The van der Waals surface area contributed by atoms with Crippen molar-refractivity contribution in [1.29, 1.82) is 0 Å². The summed E-state index contributed by atoms with van der Waals surface area (Å²) < 4.78 is 5.36. The molecule has 1 unspecified atom stereocenters. The molecule has 4 nitrogen and oxygen atoms in total. The molecule has 4 heteroatoms. The van der Waals surface area contributed by atoms with Gasteiger partial charge >= 0.3 is 0 Å². The molecule has 0 saturated carbocycles. The third kappa shape index (κ3) is 6.04. The average molecular weight is 294 g/mol. The van der Waals surface area contributed by atoms with Crippen molar-refractivity contribution in [2.45, 2.75) is 26.4 Å². The van der Waals surface area contributed by atoms with Crippen LogP contribution in [0.4, 0.5) is 0 Å². The summed E-state index contributed by atoms with van der Waals surface area (Å²) in [6.07, 6.45) is 0.595. The van der Waals surface area contributed by atoms with E-state index in [9.17, 15) is 5.11 Å². The van der Waals surface area contributed by atoms with E-state index in [-0.39, 0.29) is 0 Å². The predicted molar refractivity (Wildman–Crippen MR) is 88.0 cm³/mol. The summed E-state index contributed by atoms with van der Waals surface area (Å²) in [5.74, 6) is 0.762. The topological polar surface area (TPSA) is 35.9 Å². The molecule has 0 aromatic heterocycles. The third-order valence-corrected chi connectivity index (χ3v) is 3.70. The van der Waals surface area contributed by atoms with Gasteiger partial charge in [-0.1, -0.05) is 18.6 Å². The van der Waals surface area contributed by atoms with Crippen molar-refractivity contribution in [3.05, 3.63) is 29.3 Å². The van der Waals surface area contributed by atoms with Gasteiger partial charge in [0.1, 0.15) is 5.75 Å². The van der Waals surface area contributed by atoms with Crippen LogP contribution in [0.15, 0.2) is 18.2 Å². The molecule has 0 aliphatic rings. The first-order valence-corrected chi connectivity index (χ1v) is 7.67. The quantitative estimate of drug-likeness (QED) is 0.758. The van der Waals surface area contributed by atoms with Crippen LogP contribution in [0, 0.1) is 6.92 Å². The van der Waals surface area contributed by atoms with Crippen LogP contribution in [-0.4, -0.2) is 62.3 Å². The molecular weight excluding hydrogens is 264 g/mol. The number of hydrogen-bond donors (Lipinski definition) is 1. The molecule has 21 heavy (non-hydrogen) atoms. The SMILES string of the molecule is CCN(CCCN(C)C)CC(O)c1cc(C)ccc1OC. The number of benzene rings is 1. The van der Waals surface area contributed by atoms with Gasteiger partial charge in [0.2, 0.25) is 0 Å². The summed E-state index contributed by atoms with van der Waals surface area (Å²) in [6, 6.07) is 5.94. The zero-order valence-corrected chi connectivity index (χ0v) is 14.1. The van der Waals surface area contributed by atoms with Gasteiger partial charge in [-0.15, -0.1) is 0 Å². The van der Waals surface area contributed by atoms with Crippen LogP contribution in [0.5, 0.6) is 5.75 Å². The van der Waals surface area contributed by atoms with Crippen LogP contribution in [0.1, 0.15) is 30.6 Å². The monoisotopic (exact) mass is 294 g/mol. The number of aliphatic hydroxyl groups excluding tert-OH is 1. The first-order valence-electron chi connectivity index (χ1n) is 7.67. The maximum Gasteiger partial charge on any atom is 0.124 e. The van der Waals surface area contributed by atoms with Gasteiger partial charge in [0.25, 0.3) is 0 Å². The second-order valence-electron chi connectivity index (χ2n) is 5.81. The Bertz CT molecular complexity index is 421. The van der Waals surface area contributed by atoms with Gasteiger partial charge in [-0.25, -0.2) is 0 Å². The third-order valence-electron chi connectivity index (χ3n) is 3.70. The smallest absolute Gasteiger partial charge is 0.124 e. The van der Waals surface area contributed by atoms with Gasteiger partial charge in [0.15, 0.2) is 0 Å². The summed E-state index contributed by atoms with van der Waals surface area (Å²) >= 11 is 0. The van der Waals surface area contributed by atoms with Crippen LogP contribution in [0.25, 0.3) is 0 Å². The molecule has 1 aromatic rings. The summed E-state index contributed by atoms with van der Waals surface area (Å²) in [6.45, 7) is 7.82. The molecule has 1 N–H and O–H groups in total. The summed E-state index contributed by atoms with van der Waals surface area (Å²) in [5, 5.41) is 10.5. The molecule has 0 amide bonds. The Kier molecular flexibility index (Phi) is 7.72. The first kappa shape index (κ1) is 18.0. The fraction of sp³-hybridized carbons (Fsp3) is 0.647. The molecule has 0 aliphatic carbocycles. The maximum atomic E-state index is 10.5. The van der Waals surface area contributed by atoms with E-state index < -0.39 is 6.10 Å². The van der Waals surface area contributed by atoms with Gasteiger partial charge in [0, 0.05) is 12.1 Å². The first-order chi connectivity index (χ1) is 9.97. The van der Waals surface area contributed by atoms with E-state index in [2.05, 4.69) is 30.8 Å². The molecule has 0 aliphatic heterocycles. The zero-order chi connectivity index (χ0) is 15.8. The molecular formula is C17H30N2O2. The second kappa shape index (κ2) is 9.03. The lowest BCUT2D eigenvalue weighted by Gasteiger charge is -2.25. The average Bonchev–Trinajstić information content (AvgIpc) is 2.45. The van der Waals surface area contributed by atoms with Crippen LogP contribution in [0.3, 0.4) is 0 Å². The van der Waals surface area contributed by atoms with Gasteiger partial charge in [-0.2, -0.15) is 0 Å². The Morgan fingerprint density at radius 1 is 1.24 bits per heavy atom. The number of aliphatic hydroxyl groups is 1. The molecule has 0 saturated heterocycles. The highest BCUT2D eigenvalue weighted by Crippen LogP contribution is 2.26. The molecule has 1 atom stereocenters. The van der Waals surface area contributed by atoms with E-state index in [0.717, 1.165) is 42.9 Å². The molecule has 1 aromatic carbocycles. The van der Waals surface area contributed by atoms with Crippen molar-refractivity contribution in [2.24, 2.45) is 0 Å². The van der Waals surface area contributed by atoms with E-state index in [1.165, 1.54) is 0 Å². The molecule has 0 bridgehead atoms. The van der Waals surface area contributed by atoms with Gasteiger partial charge in [0.05, 0.1) is 13.2 Å². The molecule has 120 valence electrons. The Balaban J connectivity index is 2.65. The summed E-state index contributed by atoms with van der Waals surface area (Å²) in [4.78, 5) is 4.48. The lowest BCUT2D eigenvalue weighted by atomic mass is 10.0. The number of aryl methyl sites for hydroxylation is 1. The minimum absolute atomic E-state index is 0.515. The highest BCUT2D eigenvalue weighted by atomic mass is 16.5. The number of hydrogen-bond acceptors (Lipinski definition) is 4. The molecule has 0 spiro atoms. The normalized spacial score (nSPS) is 13.0. The second-order valence-corrected chi connectivity index (χ2v) is 5.81. The molecule has 0 fully saturated rings. The Labute approximate surface area is 129 Å². The van der Waals surface area contributed by atoms with Gasteiger partial charge < -0.3 is 19.6 Å². The van der Waals surface area contributed by atoms with Gasteiger partial charge in [-0.3, -0.25) is 0 Å². The molecule has 1 rings (SSSR count). The Morgan fingerprint density at radius 2 is 1.95 bits per heavy atom. The van der Waals surface area contributed by atoms with Crippen molar-refractivity contribution < 1.29 is 9.84 Å². The van der Waals surface area contributed by atoms with Crippen molar-refractivity contribution in [3.8, 4) is 5.75 Å².